The third kappa shape index (κ3) is 3.59. The molecule has 0 unspecified atom stereocenters. The van der Waals surface area contributed by atoms with Gasteiger partial charge in [0.15, 0.2) is 0 Å². The first-order valence-corrected chi connectivity index (χ1v) is 7.34. The molecule has 6 heteroatoms. The van der Waals surface area contributed by atoms with Gasteiger partial charge >= 0.3 is 0 Å². The van der Waals surface area contributed by atoms with Crippen molar-refractivity contribution in [1.29, 1.82) is 0 Å². The minimum Gasteiger partial charge on any atom is -0.396 e. The average molecular weight is 286 g/mol. The smallest absolute Gasteiger partial charge is 0.254 e. The van der Waals surface area contributed by atoms with Gasteiger partial charge in [-0.15, -0.1) is 0 Å². The maximum absolute atomic E-state index is 13.5. The van der Waals surface area contributed by atoms with Crippen LogP contribution in [0, 0.1) is 17.6 Å². The second-order valence-electron chi connectivity index (χ2n) is 4.62. The van der Waals surface area contributed by atoms with E-state index in [1.807, 2.05) is 11.8 Å². The van der Waals surface area contributed by atoms with Gasteiger partial charge in [-0.25, -0.2) is 8.78 Å². The minimum atomic E-state index is -0.886. The molecule has 2 rings (SSSR count). The fraction of sp³-hybridized carbons (Fsp3) is 0.462. The predicted molar refractivity (Wildman–Crippen MR) is 73.2 cm³/mol. The number of halogens is 2. The molecule has 0 aromatic heterocycles. The van der Waals surface area contributed by atoms with Gasteiger partial charge < -0.3 is 11.1 Å². The number of amides is 1. The van der Waals surface area contributed by atoms with Crippen LogP contribution in [-0.2, 0) is 0 Å². The van der Waals surface area contributed by atoms with Crippen LogP contribution in [0.15, 0.2) is 12.1 Å². The lowest BCUT2D eigenvalue weighted by Gasteiger charge is -2.21. The molecule has 1 aliphatic rings. The molecule has 0 radical (unpaired) electrons. The monoisotopic (exact) mass is 286 g/mol. The van der Waals surface area contributed by atoms with E-state index >= 15 is 0 Å². The highest BCUT2D eigenvalue weighted by molar-refractivity contribution is 7.99. The van der Waals surface area contributed by atoms with E-state index in [1.165, 1.54) is 0 Å². The van der Waals surface area contributed by atoms with Crippen LogP contribution in [0.2, 0.25) is 0 Å². The van der Waals surface area contributed by atoms with Gasteiger partial charge in [-0.1, -0.05) is 0 Å². The number of nitrogens with one attached hydrogen (secondary N) is 1. The van der Waals surface area contributed by atoms with Crippen LogP contribution in [-0.4, -0.2) is 24.0 Å². The number of carbonyl (C=O) groups is 1. The highest BCUT2D eigenvalue weighted by Crippen LogP contribution is 2.22. The van der Waals surface area contributed by atoms with Gasteiger partial charge in [0.1, 0.15) is 11.6 Å². The number of hydrogen-bond acceptors (Lipinski definition) is 3. The summed E-state index contributed by atoms with van der Waals surface area (Å²) in [5.74, 6) is 0.354. The lowest BCUT2D eigenvalue weighted by molar-refractivity contribution is 0.0942. The first kappa shape index (κ1) is 14.1. The lowest BCUT2D eigenvalue weighted by atomic mass is 10.0. The van der Waals surface area contributed by atoms with Crippen molar-refractivity contribution in [3.8, 4) is 0 Å². The molecule has 1 saturated heterocycles. The highest BCUT2D eigenvalue weighted by atomic mass is 32.2. The van der Waals surface area contributed by atoms with Gasteiger partial charge in [0.05, 0.1) is 11.3 Å². The second-order valence-corrected chi connectivity index (χ2v) is 5.84. The number of rotatable bonds is 3. The number of hydrogen-bond donors (Lipinski definition) is 2. The predicted octanol–water partition coefficient (Wildman–Crippen LogP) is 2.42. The molecule has 0 saturated carbocycles. The molecule has 3 nitrogen and oxygen atoms in total. The highest BCUT2D eigenvalue weighted by Gasteiger charge is 2.18. The van der Waals surface area contributed by atoms with Crippen LogP contribution in [0.1, 0.15) is 23.2 Å². The van der Waals surface area contributed by atoms with E-state index in [2.05, 4.69) is 5.32 Å². The Labute approximate surface area is 114 Å². The summed E-state index contributed by atoms with van der Waals surface area (Å²) in [7, 11) is 0. The first-order chi connectivity index (χ1) is 9.08. The number of carbonyl (C=O) groups excluding carboxylic acids is 1. The molecule has 1 fully saturated rings. The van der Waals surface area contributed by atoms with E-state index in [1.54, 1.807) is 0 Å². The quantitative estimate of drug-likeness (QED) is 0.839. The number of anilines is 1. The lowest BCUT2D eigenvalue weighted by Crippen LogP contribution is -2.31. The number of benzene rings is 1. The van der Waals surface area contributed by atoms with Crippen molar-refractivity contribution in [2.75, 3.05) is 23.8 Å². The Balaban J connectivity index is 1.97. The number of thioether (sulfide) groups is 1. The van der Waals surface area contributed by atoms with Crippen LogP contribution in [0.3, 0.4) is 0 Å². The zero-order chi connectivity index (χ0) is 13.8. The van der Waals surface area contributed by atoms with Gasteiger partial charge in [0.2, 0.25) is 0 Å². The summed E-state index contributed by atoms with van der Waals surface area (Å²) >= 11 is 1.90. The largest absolute Gasteiger partial charge is 0.396 e. The summed E-state index contributed by atoms with van der Waals surface area (Å²) in [6.07, 6.45) is 2.11. The molecule has 0 aliphatic carbocycles. The first-order valence-electron chi connectivity index (χ1n) is 6.18. The van der Waals surface area contributed by atoms with Crippen molar-refractivity contribution >= 4 is 23.4 Å². The van der Waals surface area contributed by atoms with Crippen molar-refractivity contribution in [1.82, 2.24) is 5.32 Å². The van der Waals surface area contributed by atoms with Crippen molar-refractivity contribution in [2.45, 2.75) is 12.8 Å². The number of nitrogens with two attached hydrogens (primary N) is 1. The second kappa shape index (κ2) is 6.23. The van der Waals surface area contributed by atoms with Crippen molar-refractivity contribution in [2.24, 2.45) is 5.92 Å². The maximum Gasteiger partial charge on any atom is 0.254 e. The van der Waals surface area contributed by atoms with E-state index in [0.29, 0.717) is 18.5 Å². The zero-order valence-corrected chi connectivity index (χ0v) is 11.2. The number of nitrogen functional groups attached to an aromatic ring is 1. The molecule has 1 heterocycles. The fourth-order valence-corrected chi connectivity index (χ4v) is 3.23. The standard InChI is InChI=1S/C13H16F2N2OS/c14-10-6-11(15)12(16)5-9(10)13(18)17-7-8-1-3-19-4-2-8/h5-6,8H,1-4,7,16H2,(H,17,18). The fourth-order valence-electron chi connectivity index (χ4n) is 2.02. The average Bonchev–Trinajstić information content (AvgIpc) is 2.41. The molecule has 0 bridgehead atoms. The molecule has 1 aliphatic heterocycles. The molecule has 19 heavy (non-hydrogen) atoms. The summed E-state index contributed by atoms with van der Waals surface area (Å²) in [5, 5.41) is 2.69. The Morgan fingerprint density at radius 3 is 2.68 bits per heavy atom. The summed E-state index contributed by atoms with van der Waals surface area (Å²) < 4.78 is 26.5. The summed E-state index contributed by atoms with van der Waals surface area (Å²) in [5.41, 5.74) is 4.92. The molecule has 1 aromatic carbocycles. The topological polar surface area (TPSA) is 55.1 Å². The van der Waals surface area contributed by atoms with E-state index in [4.69, 9.17) is 5.73 Å². The molecule has 0 atom stereocenters. The molecule has 0 spiro atoms. The van der Waals surface area contributed by atoms with Crippen molar-refractivity contribution < 1.29 is 13.6 Å². The molecule has 3 N–H and O–H groups in total. The molecule has 1 aromatic rings. The Bertz CT molecular complexity index is 476. The minimum absolute atomic E-state index is 0.205. The van der Waals surface area contributed by atoms with E-state index in [-0.39, 0.29) is 11.3 Å². The third-order valence-electron chi connectivity index (χ3n) is 3.22. The van der Waals surface area contributed by atoms with E-state index < -0.39 is 17.5 Å². The summed E-state index contributed by atoms with van der Waals surface area (Å²) in [6, 6.07) is 1.68. The Morgan fingerprint density at radius 2 is 2.00 bits per heavy atom. The SMILES string of the molecule is Nc1cc(C(=O)NCC2CCSCC2)c(F)cc1F. The summed E-state index contributed by atoms with van der Waals surface area (Å²) in [6.45, 7) is 0.524. The Hall–Kier alpha value is -1.30. The molecular formula is C13H16F2N2OS. The van der Waals surface area contributed by atoms with Crippen LogP contribution in [0.4, 0.5) is 14.5 Å². The van der Waals surface area contributed by atoms with Crippen LogP contribution < -0.4 is 11.1 Å². The van der Waals surface area contributed by atoms with Gasteiger partial charge in [0.25, 0.3) is 5.91 Å². The third-order valence-corrected chi connectivity index (χ3v) is 4.27. The van der Waals surface area contributed by atoms with Crippen molar-refractivity contribution in [3.05, 3.63) is 29.3 Å². The van der Waals surface area contributed by atoms with E-state index in [0.717, 1.165) is 30.4 Å². The van der Waals surface area contributed by atoms with Gasteiger partial charge in [-0.05, 0) is 36.3 Å². The molecule has 1 amide bonds. The maximum atomic E-state index is 13.5. The molecular weight excluding hydrogens is 270 g/mol. The Morgan fingerprint density at radius 1 is 1.32 bits per heavy atom. The van der Waals surface area contributed by atoms with Gasteiger partial charge in [0, 0.05) is 12.6 Å². The van der Waals surface area contributed by atoms with Gasteiger partial charge in [-0.3, -0.25) is 4.79 Å². The van der Waals surface area contributed by atoms with Crippen LogP contribution in [0.25, 0.3) is 0 Å². The summed E-state index contributed by atoms with van der Waals surface area (Å²) in [4.78, 5) is 11.8. The van der Waals surface area contributed by atoms with Crippen LogP contribution in [0.5, 0.6) is 0 Å². The normalized spacial score (nSPS) is 16.3. The van der Waals surface area contributed by atoms with Gasteiger partial charge in [-0.2, -0.15) is 11.8 Å². The molecule has 104 valence electrons. The van der Waals surface area contributed by atoms with Crippen molar-refractivity contribution in [3.63, 3.8) is 0 Å². The van der Waals surface area contributed by atoms with Crippen LogP contribution >= 0.6 is 11.8 Å². The Kier molecular flexibility index (Phi) is 4.63. The zero-order valence-electron chi connectivity index (χ0n) is 10.4. The van der Waals surface area contributed by atoms with E-state index in [9.17, 15) is 13.6 Å².